The van der Waals surface area contributed by atoms with Crippen LogP contribution in [0.5, 0.6) is 5.75 Å². The Morgan fingerprint density at radius 1 is 1.11 bits per heavy atom. The van der Waals surface area contributed by atoms with Gasteiger partial charge in [-0.25, -0.2) is 8.42 Å². The number of carbonyl (C=O) groups excluding carboxylic acids is 1. The van der Waals surface area contributed by atoms with E-state index in [0.717, 1.165) is 44.1 Å². The summed E-state index contributed by atoms with van der Waals surface area (Å²) in [5, 5.41) is 3.11. The highest BCUT2D eigenvalue weighted by molar-refractivity contribution is 7.89. The number of piperidine rings is 1. The topological polar surface area (TPSA) is 75.7 Å². The average molecular weight is 407 g/mol. The third-order valence-corrected chi connectivity index (χ3v) is 8.23. The van der Waals surface area contributed by atoms with Crippen molar-refractivity contribution in [2.75, 3.05) is 13.1 Å². The number of hydrogen-bond donors (Lipinski definition) is 1. The van der Waals surface area contributed by atoms with Crippen molar-refractivity contribution in [3.8, 4) is 5.75 Å². The van der Waals surface area contributed by atoms with Gasteiger partial charge in [0.2, 0.25) is 10.0 Å². The summed E-state index contributed by atoms with van der Waals surface area (Å²) in [5.74, 6) is 1.11. The number of fused-ring (bicyclic) bond motifs is 1. The second kappa shape index (κ2) is 8.03. The molecule has 7 heteroatoms. The molecular formula is C21H30N2O4S. The lowest BCUT2D eigenvalue weighted by molar-refractivity contribution is -0.128. The number of ether oxygens (including phenoxy) is 1. The van der Waals surface area contributed by atoms with Crippen LogP contribution in [0.2, 0.25) is 0 Å². The molecule has 1 saturated heterocycles. The molecule has 0 aromatic heterocycles. The van der Waals surface area contributed by atoms with Crippen molar-refractivity contribution in [3.05, 3.63) is 23.8 Å². The molecule has 1 aromatic carbocycles. The lowest BCUT2D eigenvalue weighted by Gasteiger charge is -2.29. The van der Waals surface area contributed by atoms with Crippen LogP contribution in [0.15, 0.2) is 23.1 Å². The Bertz CT molecular complexity index is 825. The second-order valence-electron chi connectivity index (χ2n) is 8.51. The average Bonchev–Trinajstić information content (AvgIpc) is 3.13. The van der Waals surface area contributed by atoms with Crippen molar-refractivity contribution in [2.24, 2.45) is 5.92 Å². The zero-order chi connectivity index (χ0) is 19.7. The van der Waals surface area contributed by atoms with Gasteiger partial charge in [0.1, 0.15) is 5.75 Å². The van der Waals surface area contributed by atoms with E-state index in [9.17, 15) is 13.2 Å². The summed E-state index contributed by atoms with van der Waals surface area (Å²) in [6.07, 6.45) is 7.28. The maximum Gasteiger partial charge on any atom is 0.261 e. The molecule has 28 heavy (non-hydrogen) atoms. The van der Waals surface area contributed by atoms with Gasteiger partial charge in [0, 0.05) is 25.6 Å². The van der Waals surface area contributed by atoms with E-state index in [-0.39, 0.29) is 11.9 Å². The van der Waals surface area contributed by atoms with Gasteiger partial charge in [0.05, 0.1) is 4.90 Å². The van der Waals surface area contributed by atoms with Gasteiger partial charge in [-0.3, -0.25) is 4.79 Å². The molecule has 1 N–H and O–H groups in total. The minimum Gasteiger partial charge on any atom is -0.480 e. The van der Waals surface area contributed by atoms with Crippen LogP contribution in [0.1, 0.15) is 57.4 Å². The first-order valence-electron chi connectivity index (χ1n) is 10.5. The van der Waals surface area contributed by atoms with Gasteiger partial charge in [-0.05, 0) is 55.4 Å². The molecule has 0 radical (unpaired) electrons. The molecule has 3 aliphatic rings. The molecule has 154 valence electrons. The summed E-state index contributed by atoms with van der Waals surface area (Å²) in [6.45, 7) is 3.31. The molecular weight excluding hydrogens is 376 g/mol. The summed E-state index contributed by atoms with van der Waals surface area (Å²) < 4.78 is 33.4. The number of rotatable bonds is 4. The Hall–Kier alpha value is -1.60. The summed E-state index contributed by atoms with van der Waals surface area (Å²) >= 11 is 0. The van der Waals surface area contributed by atoms with Gasteiger partial charge >= 0.3 is 0 Å². The minimum absolute atomic E-state index is 0.0856. The van der Waals surface area contributed by atoms with Gasteiger partial charge in [-0.1, -0.05) is 26.2 Å². The van der Waals surface area contributed by atoms with Gasteiger partial charge in [-0.15, -0.1) is 0 Å². The highest BCUT2D eigenvalue weighted by atomic mass is 32.2. The van der Waals surface area contributed by atoms with Crippen LogP contribution in [-0.4, -0.2) is 43.9 Å². The van der Waals surface area contributed by atoms with Gasteiger partial charge in [0.15, 0.2) is 6.10 Å². The number of amides is 1. The Balaban J connectivity index is 1.43. The van der Waals surface area contributed by atoms with Crippen LogP contribution in [0, 0.1) is 5.92 Å². The quantitative estimate of drug-likeness (QED) is 0.834. The fourth-order valence-corrected chi connectivity index (χ4v) is 5.97. The van der Waals surface area contributed by atoms with E-state index in [0.29, 0.717) is 36.1 Å². The fourth-order valence-electron chi connectivity index (χ4n) is 4.45. The summed E-state index contributed by atoms with van der Waals surface area (Å²) in [5.41, 5.74) is 0.801. The van der Waals surface area contributed by atoms with E-state index >= 15 is 0 Å². The standard InChI is InChI=1S/C21H30N2O4S/c1-15-9-11-23(12-10-15)28(25,26)18-7-8-19-16(13-18)14-20(27-19)21(24)22-17-5-3-2-4-6-17/h7-8,13,15,17,20H,2-6,9-12,14H2,1H3,(H,22,24). The number of nitrogens with zero attached hydrogens (tertiary/aromatic N) is 1. The molecule has 2 heterocycles. The van der Waals surface area contributed by atoms with Crippen LogP contribution in [0.25, 0.3) is 0 Å². The Kier molecular flexibility index (Phi) is 5.65. The first kappa shape index (κ1) is 19.7. The molecule has 1 aliphatic carbocycles. The molecule has 4 rings (SSSR count). The Labute approximate surface area is 167 Å². The van der Waals surface area contributed by atoms with Crippen LogP contribution in [0.4, 0.5) is 0 Å². The molecule has 1 atom stereocenters. The van der Waals surface area contributed by atoms with Gasteiger partial charge in [-0.2, -0.15) is 4.31 Å². The monoisotopic (exact) mass is 406 g/mol. The number of carbonyl (C=O) groups is 1. The molecule has 1 saturated carbocycles. The lowest BCUT2D eigenvalue weighted by atomic mass is 9.95. The highest BCUT2D eigenvalue weighted by Crippen LogP contribution is 2.33. The van der Waals surface area contributed by atoms with Gasteiger partial charge in [0.25, 0.3) is 5.91 Å². The molecule has 2 fully saturated rings. The van der Waals surface area contributed by atoms with Crippen molar-refractivity contribution in [3.63, 3.8) is 0 Å². The minimum atomic E-state index is -3.49. The maximum absolute atomic E-state index is 13.0. The normalized spacial score (nSPS) is 24.5. The van der Waals surface area contributed by atoms with Crippen LogP contribution in [-0.2, 0) is 21.2 Å². The van der Waals surface area contributed by atoms with Crippen LogP contribution in [0.3, 0.4) is 0 Å². The molecule has 1 amide bonds. The third kappa shape index (κ3) is 4.06. The number of sulfonamides is 1. The van der Waals surface area contributed by atoms with Crippen molar-refractivity contribution >= 4 is 15.9 Å². The van der Waals surface area contributed by atoms with Gasteiger partial charge < -0.3 is 10.1 Å². The largest absolute Gasteiger partial charge is 0.480 e. The maximum atomic E-state index is 13.0. The second-order valence-corrected chi connectivity index (χ2v) is 10.4. The van der Waals surface area contributed by atoms with E-state index in [2.05, 4.69) is 12.2 Å². The van der Waals surface area contributed by atoms with Crippen molar-refractivity contribution in [1.29, 1.82) is 0 Å². The van der Waals surface area contributed by atoms with Crippen molar-refractivity contribution in [1.82, 2.24) is 9.62 Å². The molecule has 0 bridgehead atoms. The molecule has 2 aliphatic heterocycles. The third-order valence-electron chi connectivity index (χ3n) is 6.33. The molecule has 1 aromatic rings. The Morgan fingerprint density at radius 2 is 1.82 bits per heavy atom. The van der Waals surface area contributed by atoms with E-state index in [4.69, 9.17) is 4.74 Å². The summed E-state index contributed by atoms with van der Waals surface area (Å²) in [4.78, 5) is 12.9. The summed E-state index contributed by atoms with van der Waals surface area (Å²) in [6, 6.07) is 5.23. The first-order chi connectivity index (χ1) is 13.4. The predicted molar refractivity (Wildman–Crippen MR) is 107 cm³/mol. The first-order valence-corrected chi connectivity index (χ1v) is 12.0. The van der Waals surface area contributed by atoms with E-state index in [1.165, 1.54) is 6.42 Å². The molecule has 6 nitrogen and oxygen atoms in total. The van der Waals surface area contributed by atoms with Crippen LogP contribution >= 0.6 is 0 Å². The molecule has 1 unspecified atom stereocenters. The van der Waals surface area contributed by atoms with E-state index in [1.807, 2.05) is 0 Å². The highest BCUT2D eigenvalue weighted by Gasteiger charge is 2.33. The van der Waals surface area contributed by atoms with E-state index < -0.39 is 16.1 Å². The Morgan fingerprint density at radius 3 is 2.54 bits per heavy atom. The number of nitrogens with one attached hydrogen (secondary N) is 1. The smallest absolute Gasteiger partial charge is 0.261 e. The fraction of sp³-hybridized carbons (Fsp3) is 0.667. The SMILES string of the molecule is CC1CCN(S(=O)(=O)c2ccc3c(c2)CC(C(=O)NC2CCCCC2)O3)CC1. The zero-order valence-corrected chi connectivity index (χ0v) is 17.3. The lowest BCUT2D eigenvalue weighted by Crippen LogP contribution is -2.44. The van der Waals surface area contributed by atoms with Crippen molar-refractivity contribution < 1.29 is 17.9 Å². The predicted octanol–water partition coefficient (Wildman–Crippen LogP) is 2.86. The van der Waals surface area contributed by atoms with E-state index in [1.54, 1.807) is 22.5 Å². The van der Waals surface area contributed by atoms with Crippen molar-refractivity contribution in [2.45, 2.75) is 75.3 Å². The van der Waals surface area contributed by atoms with Crippen LogP contribution < -0.4 is 10.1 Å². The summed E-state index contributed by atoms with van der Waals surface area (Å²) in [7, 11) is -3.49. The zero-order valence-electron chi connectivity index (χ0n) is 16.5. The molecule has 0 spiro atoms. The number of hydrogen-bond acceptors (Lipinski definition) is 4. The number of benzene rings is 1.